The topological polar surface area (TPSA) is 66.5 Å². The van der Waals surface area contributed by atoms with Crippen molar-refractivity contribution >= 4 is 55.3 Å². The van der Waals surface area contributed by atoms with E-state index in [0.29, 0.717) is 5.69 Å². The Morgan fingerprint density at radius 1 is 1.08 bits per heavy atom. The molecule has 7 heteroatoms. The van der Waals surface area contributed by atoms with Crippen molar-refractivity contribution in [3.8, 4) is 0 Å². The number of hydrogen-bond acceptors (Lipinski definition) is 3. The number of nitrogens with zero attached hydrogens (tertiary/aromatic N) is 1. The minimum atomic E-state index is -0.344. The highest BCUT2D eigenvalue weighted by molar-refractivity contribution is 9.12. The highest BCUT2D eigenvalue weighted by Crippen LogP contribution is 2.60. The van der Waals surface area contributed by atoms with Crippen molar-refractivity contribution in [2.24, 2.45) is 23.7 Å². The van der Waals surface area contributed by atoms with Crippen molar-refractivity contribution in [2.45, 2.75) is 23.0 Å². The van der Waals surface area contributed by atoms with E-state index in [1.807, 2.05) is 19.1 Å². The van der Waals surface area contributed by atoms with Crippen molar-refractivity contribution in [2.75, 3.05) is 11.9 Å². The highest BCUT2D eigenvalue weighted by Gasteiger charge is 2.66. The number of aryl methyl sites for hydroxylation is 1. The van der Waals surface area contributed by atoms with Crippen LogP contribution >= 0.6 is 31.9 Å². The number of fused-ring (bicyclic) bond motifs is 5. The van der Waals surface area contributed by atoms with Crippen molar-refractivity contribution in [3.05, 3.63) is 29.8 Å². The molecule has 5 nitrogen and oxygen atoms in total. The molecule has 25 heavy (non-hydrogen) atoms. The van der Waals surface area contributed by atoms with Gasteiger partial charge in [0.2, 0.25) is 17.7 Å². The fourth-order valence-corrected chi connectivity index (χ4v) is 6.42. The van der Waals surface area contributed by atoms with Gasteiger partial charge in [0.15, 0.2) is 0 Å². The monoisotopic (exact) mass is 468 g/mol. The lowest BCUT2D eigenvalue weighted by Crippen LogP contribution is -2.39. The van der Waals surface area contributed by atoms with Crippen LogP contribution in [0.1, 0.15) is 12.0 Å². The number of nitrogens with one attached hydrogen (secondary N) is 1. The Balaban J connectivity index is 1.47. The van der Waals surface area contributed by atoms with E-state index in [2.05, 4.69) is 37.2 Å². The molecular formula is C18H18Br2N2O3. The van der Waals surface area contributed by atoms with E-state index >= 15 is 0 Å². The minimum absolute atomic E-state index is 0.168. The molecule has 1 aliphatic heterocycles. The van der Waals surface area contributed by atoms with Gasteiger partial charge in [0.1, 0.15) is 6.54 Å². The van der Waals surface area contributed by atoms with Crippen LogP contribution in [0.4, 0.5) is 5.69 Å². The van der Waals surface area contributed by atoms with E-state index in [4.69, 9.17) is 0 Å². The molecule has 3 amide bonds. The first-order chi connectivity index (χ1) is 11.9. The molecule has 1 aromatic carbocycles. The summed E-state index contributed by atoms with van der Waals surface area (Å²) < 4.78 is 0. The molecule has 3 fully saturated rings. The molecule has 2 aliphatic carbocycles. The molecule has 1 saturated heterocycles. The number of rotatable bonds is 3. The molecule has 0 radical (unpaired) electrons. The summed E-state index contributed by atoms with van der Waals surface area (Å²) in [6.45, 7) is 1.76. The zero-order valence-electron chi connectivity index (χ0n) is 13.6. The number of alkyl halides is 2. The molecule has 2 saturated carbocycles. The molecule has 2 bridgehead atoms. The van der Waals surface area contributed by atoms with Crippen LogP contribution in [0.3, 0.4) is 0 Å². The summed E-state index contributed by atoms with van der Waals surface area (Å²) in [5, 5.41) is 2.75. The fourth-order valence-electron chi connectivity index (χ4n) is 4.55. The van der Waals surface area contributed by atoms with Crippen molar-refractivity contribution < 1.29 is 14.4 Å². The minimum Gasteiger partial charge on any atom is -0.325 e. The Hall–Kier alpha value is -1.21. The molecule has 6 atom stereocenters. The zero-order valence-corrected chi connectivity index (χ0v) is 16.8. The van der Waals surface area contributed by atoms with Gasteiger partial charge in [0.25, 0.3) is 0 Å². The average molecular weight is 470 g/mol. The number of carbonyl (C=O) groups excluding carboxylic acids is 3. The summed E-state index contributed by atoms with van der Waals surface area (Å²) in [7, 11) is 0. The van der Waals surface area contributed by atoms with Gasteiger partial charge in [-0.05, 0) is 37.3 Å². The maximum absolute atomic E-state index is 12.8. The summed E-state index contributed by atoms with van der Waals surface area (Å²) in [4.78, 5) is 39.4. The van der Waals surface area contributed by atoms with Gasteiger partial charge < -0.3 is 5.32 Å². The molecular weight excluding hydrogens is 452 g/mol. The van der Waals surface area contributed by atoms with Crippen LogP contribution in [-0.4, -0.2) is 38.8 Å². The Morgan fingerprint density at radius 2 is 1.60 bits per heavy atom. The maximum atomic E-state index is 12.8. The lowest BCUT2D eigenvalue weighted by molar-refractivity contribution is -0.143. The van der Waals surface area contributed by atoms with Crippen LogP contribution < -0.4 is 5.32 Å². The van der Waals surface area contributed by atoms with Gasteiger partial charge in [-0.15, -0.1) is 0 Å². The second-order valence-electron chi connectivity index (χ2n) is 7.18. The van der Waals surface area contributed by atoms with Gasteiger partial charge in [-0.1, -0.05) is 49.6 Å². The van der Waals surface area contributed by atoms with E-state index in [-0.39, 0.29) is 57.6 Å². The number of benzene rings is 1. The number of anilines is 1. The van der Waals surface area contributed by atoms with Crippen LogP contribution in [0.2, 0.25) is 0 Å². The van der Waals surface area contributed by atoms with Crippen LogP contribution in [0.15, 0.2) is 24.3 Å². The zero-order chi connectivity index (χ0) is 17.9. The van der Waals surface area contributed by atoms with Gasteiger partial charge in [-0.2, -0.15) is 0 Å². The summed E-state index contributed by atoms with van der Waals surface area (Å²) >= 11 is 7.31. The summed E-state index contributed by atoms with van der Waals surface area (Å²) in [5.41, 5.74) is 1.76. The molecule has 1 N–H and O–H groups in total. The standard InChI is InChI=1S/C18H18Br2N2O3/c1-8-2-4-9(5-3-8)21-12(23)7-22-17(24)13-10-6-11(14(13)18(22)25)16(20)15(10)19/h2-5,10-11,13-16H,6-7H2,1H3,(H,21,23). The summed E-state index contributed by atoms with van der Waals surface area (Å²) in [5.74, 6) is -0.938. The van der Waals surface area contributed by atoms with Gasteiger partial charge in [-0.3, -0.25) is 19.3 Å². The molecule has 6 unspecified atom stereocenters. The van der Waals surface area contributed by atoms with Crippen LogP contribution in [0.25, 0.3) is 0 Å². The van der Waals surface area contributed by atoms with Crippen molar-refractivity contribution in [1.82, 2.24) is 4.90 Å². The van der Waals surface area contributed by atoms with E-state index in [1.165, 1.54) is 0 Å². The molecule has 0 spiro atoms. The number of carbonyl (C=O) groups is 3. The van der Waals surface area contributed by atoms with Crippen molar-refractivity contribution in [3.63, 3.8) is 0 Å². The number of imide groups is 1. The van der Waals surface area contributed by atoms with Crippen LogP contribution in [0.5, 0.6) is 0 Å². The smallest absolute Gasteiger partial charge is 0.244 e. The third kappa shape index (κ3) is 2.67. The molecule has 1 heterocycles. The third-order valence-electron chi connectivity index (χ3n) is 5.72. The molecule has 4 rings (SSSR count). The Bertz CT molecular complexity index is 719. The van der Waals surface area contributed by atoms with E-state index in [1.54, 1.807) is 12.1 Å². The summed E-state index contributed by atoms with van der Waals surface area (Å²) in [6.07, 6.45) is 0.891. The molecule has 132 valence electrons. The van der Waals surface area contributed by atoms with Gasteiger partial charge in [-0.25, -0.2) is 0 Å². The van der Waals surface area contributed by atoms with Gasteiger partial charge >= 0.3 is 0 Å². The van der Waals surface area contributed by atoms with Crippen molar-refractivity contribution in [1.29, 1.82) is 0 Å². The highest BCUT2D eigenvalue weighted by atomic mass is 79.9. The maximum Gasteiger partial charge on any atom is 0.244 e. The van der Waals surface area contributed by atoms with E-state index < -0.39 is 0 Å². The van der Waals surface area contributed by atoms with Crippen LogP contribution in [0, 0.1) is 30.6 Å². The lowest BCUT2D eigenvalue weighted by Gasteiger charge is -2.28. The Kier molecular flexibility index (Phi) is 4.27. The fraction of sp³-hybridized carbons (Fsp3) is 0.500. The number of likely N-dealkylation sites (tertiary alicyclic amines) is 1. The second-order valence-corrected chi connectivity index (χ2v) is 9.30. The SMILES string of the molecule is Cc1ccc(NC(=O)CN2C(=O)C3C4CC(C(Br)C4Br)C3C2=O)cc1. The van der Waals surface area contributed by atoms with Gasteiger partial charge in [0, 0.05) is 15.3 Å². The Labute approximate surface area is 162 Å². The summed E-state index contributed by atoms with van der Waals surface area (Å²) in [6, 6.07) is 7.41. The van der Waals surface area contributed by atoms with E-state index in [9.17, 15) is 14.4 Å². The quantitative estimate of drug-likeness (QED) is 0.546. The number of halogens is 2. The average Bonchev–Trinajstić information content (AvgIpc) is 3.17. The third-order valence-corrected chi connectivity index (χ3v) is 8.92. The number of hydrogen-bond donors (Lipinski definition) is 1. The molecule has 3 aliphatic rings. The van der Waals surface area contributed by atoms with Crippen LogP contribution in [-0.2, 0) is 14.4 Å². The predicted octanol–water partition coefficient (Wildman–Crippen LogP) is 2.71. The lowest BCUT2D eigenvalue weighted by atomic mass is 9.81. The van der Waals surface area contributed by atoms with E-state index in [0.717, 1.165) is 16.9 Å². The second kappa shape index (κ2) is 6.20. The predicted molar refractivity (Wildman–Crippen MR) is 101 cm³/mol. The molecule has 0 aromatic heterocycles. The van der Waals surface area contributed by atoms with Gasteiger partial charge in [0.05, 0.1) is 11.8 Å². The first kappa shape index (κ1) is 17.2. The molecule has 1 aromatic rings. The first-order valence-electron chi connectivity index (χ1n) is 8.38. The normalized spacial score (nSPS) is 36.0. The largest absolute Gasteiger partial charge is 0.325 e. The number of amides is 3. The Morgan fingerprint density at radius 3 is 2.12 bits per heavy atom. The first-order valence-corrected chi connectivity index (χ1v) is 10.2.